The summed E-state index contributed by atoms with van der Waals surface area (Å²) in [4.78, 5) is 37.7. The van der Waals surface area contributed by atoms with Gasteiger partial charge in [0.25, 0.3) is 0 Å². The number of nitrogens with one attached hydrogen (secondary N) is 2. The van der Waals surface area contributed by atoms with Gasteiger partial charge in [-0.15, -0.1) is 0 Å². The van der Waals surface area contributed by atoms with Crippen molar-refractivity contribution in [1.82, 2.24) is 5.32 Å². The second kappa shape index (κ2) is 4.93. The van der Waals surface area contributed by atoms with Crippen molar-refractivity contribution in [3.8, 4) is 0 Å². The highest BCUT2D eigenvalue weighted by molar-refractivity contribution is 6.19. The van der Waals surface area contributed by atoms with Crippen LogP contribution in [0.4, 0.5) is 5.69 Å². The fraction of sp³-hybridized carbons (Fsp3) is 0.471. The Morgan fingerprint density at radius 3 is 2.73 bits per heavy atom. The number of amides is 2. The summed E-state index contributed by atoms with van der Waals surface area (Å²) in [6.45, 7) is 5.62. The molecule has 5 nitrogen and oxygen atoms in total. The molecule has 5 heteroatoms. The van der Waals surface area contributed by atoms with Gasteiger partial charge in [-0.05, 0) is 25.5 Å². The lowest BCUT2D eigenvalue weighted by atomic mass is 9.92. The zero-order valence-electron chi connectivity index (χ0n) is 13.0. The van der Waals surface area contributed by atoms with Crippen molar-refractivity contribution in [2.45, 2.75) is 33.2 Å². The summed E-state index contributed by atoms with van der Waals surface area (Å²) >= 11 is 0. The standard InChI is InChI=1S/C17H20N2O3/c1-4-9(2)18-15(21)12-13-16(22)19-11-8-6-5-7-10(11)14(20)17(12,13)3/h5-9,12-13H,4H2,1-3H3,(H,18,21)(H,19,22)/t9?,12-,13?,17+/m0/s1. The van der Waals surface area contributed by atoms with E-state index >= 15 is 0 Å². The maximum atomic E-state index is 12.8. The van der Waals surface area contributed by atoms with E-state index in [1.54, 1.807) is 31.2 Å². The smallest absolute Gasteiger partial charge is 0.229 e. The normalized spacial score (nSPS) is 30.5. The molecule has 2 unspecified atom stereocenters. The van der Waals surface area contributed by atoms with E-state index in [2.05, 4.69) is 10.6 Å². The molecule has 116 valence electrons. The van der Waals surface area contributed by atoms with Crippen LogP contribution in [0.5, 0.6) is 0 Å². The number of anilines is 1. The van der Waals surface area contributed by atoms with Crippen molar-refractivity contribution in [1.29, 1.82) is 0 Å². The molecule has 22 heavy (non-hydrogen) atoms. The van der Waals surface area contributed by atoms with Crippen LogP contribution >= 0.6 is 0 Å². The maximum absolute atomic E-state index is 12.8. The van der Waals surface area contributed by atoms with E-state index in [0.29, 0.717) is 11.3 Å². The number of carbonyl (C=O) groups excluding carboxylic acids is 3. The highest BCUT2D eigenvalue weighted by Crippen LogP contribution is 2.62. The molecule has 1 aromatic carbocycles. The van der Waals surface area contributed by atoms with Crippen LogP contribution in [0.2, 0.25) is 0 Å². The van der Waals surface area contributed by atoms with E-state index in [-0.39, 0.29) is 23.6 Å². The van der Waals surface area contributed by atoms with Crippen molar-refractivity contribution in [2.75, 3.05) is 5.32 Å². The lowest BCUT2D eigenvalue weighted by molar-refractivity contribution is -0.125. The number of para-hydroxylation sites is 1. The topological polar surface area (TPSA) is 75.3 Å². The number of ketones is 1. The van der Waals surface area contributed by atoms with Gasteiger partial charge in [-0.3, -0.25) is 14.4 Å². The van der Waals surface area contributed by atoms with Crippen molar-refractivity contribution < 1.29 is 14.4 Å². The monoisotopic (exact) mass is 300 g/mol. The fourth-order valence-electron chi connectivity index (χ4n) is 3.37. The van der Waals surface area contributed by atoms with E-state index in [0.717, 1.165) is 6.42 Å². The molecular weight excluding hydrogens is 280 g/mol. The van der Waals surface area contributed by atoms with Gasteiger partial charge in [-0.25, -0.2) is 0 Å². The summed E-state index contributed by atoms with van der Waals surface area (Å²) < 4.78 is 0. The number of fused-ring (bicyclic) bond motifs is 2. The van der Waals surface area contributed by atoms with Gasteiger partial charge in [0.15, 0.2) is 5.78 Å². The van der Waals surface area contributed by atoms with E-state index < -0.39 is 17.3 Å². The molecule has 0 bridgehead atoms. The maximum Gasteiger partial charge on any atom is 0.229 e. The molecule has 2 aliphatic rings. The van der Waals surface area contributed by atoms with Gasteiger partial charge in [0, 0.05) is 11.6 Å². The highest BCUT2D eigenvalue weighted by Gasteiger charge is 2.73. The quantitative estimate of drug-likeness (QED) is 0.896. The van der Waals surface area contributed by atoms with Crippen LogP contribution in [0.3, 0.4) is 0 Å². The zero-order chi connectivity index (χ0) is 16.1. The number of hydrogen-bond donors (Lipinski definition) is 2. The van der Waals surface area contributed by atoms with Crippen LogP contribution in [0.15, 0.2) is 24.3 Å². The molecule has 0 saturated heterocycles. The van der Waals surface area contributed by atoms with E-state index in [9.17, 15) is 14.4 Å². The molecule has 4 atom stereocenters. The zero-order valence-corrected chi connectivity index (χ0v) is 13.0. The second-order valence-electron chi connectivity index (χ2n) is 6.42. The summed E-state index contributed by atoms with van der Waals surface area (Å²) in [5, 5.41) is 5.67. The van der Waals surface area contributed by atoms with Gasteiger partial charge in [0.1, 0.15) is 0 Å². The average Bonchev–Trinajstić information content (AvgIpc) is 3.15. The molecule has 1 fully saturated rings. The fourth-order valence-corrected chi connectivity index (χ4v) is 3.37. The summed E-state index contributed by atoms with van der Waals surface area (Å²) in [5.74, 6) is -1.75. The van der Waals surface area contributed by atoms with Crippen molar-refractivity contribution in [3.05, 3.63) is 29.8 Å². The minimum absolute atomic E-state index is 0.0337. The van der Waals surface area contributed by atoms with Crippen LogP contribution in [-0.2, 0) is 9.59 Å². The Morgan fingerprint density at radius 1 is 1.36 bits per heavy atom. The number of Topliss-reactive ketones (excluding diaryl/α,β-unsaturated/α-hetero) is 1. The summed E-state index contributed by atoms with van der Waals surface area (Å²) in [5.41, 5.74) is 0.0838. The first-order valence-electron chi connectivity index (χ1n) is 7.66. The SMILES string of the molecule is CCC(C)NC(=O)[C@@H]1C2C(=O)Nc3ccccc3C(=O)[C@@]21C. The first-order valence-corrected chi connectivity index (χ1v) is 7.66. The molecular formula is C17H20N2O3. The van der Waals surface area contributed by atoms with Crippen molar-refractivity contribution in [2.24, 2.45) is 17.3 Å². The Kier molecular flexibility index (Phi) is 3.31. The molecule has 2 amide bonds. The lowest BCUT2D eigenvalue weighted by Gasteiger charge is -2.15. The molecule has 1 saturated carbocycles. The molecule has 0 aromatic heterocycles. The van der Waals surface area contributed by atoms with Gasteiger partial charge >= 0.3 is 0 Å². The molecule has 0 radical (unpaired) electrons. The molecule has 1 heterocycles. The molecule has 1 aliphatic carbocycles. The average molecular weight is 300 g/mol. The van der Waals surface area contributed by atoms with E-state index in [4.69, 9.17) is 0 Å². The van der Waals surface area contributed by atoms with Crippen LogP contribution in [0, 0.1) is 17.3 Å². The highest BCUT2D eigenvalue weighted by atomic mass is 16.2. The number of hydrogen-bond acceptors (Lipinski definition) is 3. The summed E-state index contributed by atoms with van der Waals surface area (Å²) in [6, 6.07) is 6.99. The van der Waals surface area contributed by atoms with E-state index in [1.165, 1.54) is 0 Å². The number of benzene rings is 1. The molecule has 0 spiro atoms. The third kappa shape index (κ3) is 1.95. The Hall–Kier alpha value is -2.17. The van der Waals surface area contributed by atoms with Crippen molar-refractivity contribution in [3.63, 3.8) is 0 Å². The van der Waals surface area contributed by atoms with Crippen LogP contribution < -0.4 is 10.6 Å². The van der Waals surface area contributed by atoms with Gasteiger partial charge in [-0.2, -0.15) is 0 Å². The van der Waals surface area contributed by atoms with Crippen LogP contribution in [0.1, 0.15) is 37.6 Å². The minimum atomic E-state index is -0.936. The van der Waals surface area contributed by atoms with Crippen molar-refractivity contribution >= 4 is 23.3 Å². The largest absolute Gasteiger partial charge is 0.353 e. The Labute approximate surface area is 129 Å². The third-order valence-electron chi connectivity index (χ3n) is 5.00. The van der Waals surface area contributed by atoms with Crippen LogP contribution in [-0.4, -0.2) is 23.6 Å². The lowest BCUT2D eigenvalue weighted by Crippen LogP contribution is -2.35. The minimum Gasteiger partial charge on any atom is -0.353 e. The number of carbonyl (C=O) groups is 3. The first-order chi connectivity index (χ1) is 10.4. The van der Waals surface area contributed by atoms with E-state index in [1.807, 2.05) is 13.8 Å². The summed E-state index contributed by atoms with van der Waals surface area (Å²) in [6.07, 6.45) is 0.808. The van der Waals surface area contributed by atoms with Crippen LogP contribution in [0.25, 0.3) is 0 Å². The summed E-state index contributed by atoms with van der Waals surface area (Å²) in [7, 11) is 0. The van der Waals surface area contributed by atoms with Gasteiger partial charge < -0.3 is 10.6 Å². The molecule has 2 N–H and O–H groups in total. The number of rotatable bonds is 3. The Morgan fingerprint density at radius 2 is 2.05 bits per heavy atom. The Bertz CT molecular complexity index is 670. The Balaban J connectivity index is 1.94. The third-order valence-corrected chi connectivity index (χ3v) is 5.00. The predicted molar refractivity (Wildman–Crippen MR) is 82.4 cm³/mol. The van der Waals surface area contributed by atoms with Gasteiger partial charge in [0.2, 0.25) is 11.8 Å². The van der Waals surface area contributed by atoms with Gasteiger partial charge in [0.05, 0.1) is 22.9 Å². The second-order valence-corrected chi connectivity index (χ2v) is 6.42. The first kappa shape index (κ1) is 14.8. The predicted octanol–water partition coefficient (Wildman–Crippen LogP) is 1.99. The van der Waals surface area contributed by atoms with Gasteiger partial charge in [-0.1, -0.05) is 26.0 Å². The molecule has 1 aliphatic heterocycles. The molecule has 3 rings (SSSR count). The molecule has 1 aromatic rings.